The van der Waals surface area contributed by atoms with Crippen molar-refractivity contribution < 1.29 is 9.18 Å². The first-order chi connectivity index (χ1) is 10.7. The van der Waals surface area contributed by atoms with Crippen LogP contribution in [0.5, 0.6) is 0 Å². The Morgan fingerprint density at radius 2 is 2.09 bits per heavy atom. The lowest BCUT2D eigenvalue weighted by molar-refractivity contribution is -0.126. The highest BCUT2D eigenvalue weighted by molar-refractivity contribution is 7.13. The molecule has 6 heteroatoms. The van der Waals surface area contributed by atoms with E-state index in [1.165, 1.54) is 18.2 Å². The monoisotopic (exact) mass is 317 g/mol. The molecule has 0 unspecified atom stereocenters. The van der Waals surface area contributed by atoms with Gasteiger partial charge in [0.05, 0.1) is 0 Å². The Hall–Kier alpha value is -2.21. The SMILES string of the molecule is O=C(/C=C/c1cccc(F)c1)N1CCN(c2nccs2)CC1. The van der Waals surface area contributed by atoms with Gasteiger partial charge in [0.1, 0.15) is 5.82 Å². The summed E-state index contributed by atoms with van der Waals surface area (Å²) in [5, 5.41) is 2.96. The zero-order chi connectivity index (χ0) is 15.4. The number of nitrogens with zero attached hydrogens (tertiary/aromatic N) is 3. The number of hydrogen-bond donors (Lipinski definition) is 0. The Morgan fingerprint density at radius 3 is 2.77 bits per heavy atom. The molecule has 1 aliphatic rings. The highest BCUT2D eigenvalue weighted by atomic mass is 32.1. The number of carbonyl (C=O) groups is 1. The molecule has 114 valence electrons. The minimum Gasteiger partial charge on any atom is -0.345 e. The quantitative estimate of drug-likeness (QED) is 0.817. The lowest BCUT2D eigenvalue weighted by Crippen LogP contribution is -2.48. The van der Waals surface area contributed by atoms with Crippen molar-refractivity contribution in [3.8, 4) is 0 Å². The van der Waals surface area contributed by atoms with Gasteiger partial charge in [0.25, 0.3) is 0 Å². The van der Waals surface area contributed by atoms with E-state index in [0.717, 1.165) is 18.2 Å². The third kappa shape index (κ3) is 3.51. The van der Waals surface area contributed by atoms with Gasteiger partial charge >= 0.3 is 0 Å². The standard InChI is InChI=1S/C16H16FN3OS/c17-14-3-1-2-13(12-14)4-5-15(21)19-7-9-20(10-8-19)16-18-6-11-22-16/h1-6,11-12H,7-10H2/b5-4+. The Morgan fingerprint density at radius 1 is 1.27 bits per heavy atom. The highest BCUT2D eigenvalue weighted by Crippen LogP contribution is 2.19. The third-order valence-electron chi connectivity index (χ3n) is 3.55. The van der Waals surface area contributed by atoms with Crippen molar-refractivity contribution in [2.75, 3.05) is 31.1 Å². The highest BCUT2D eigenvalue weighted by Gasteiger charge is 2.20. The van der Waals surface area contributed by atoms with Crippen molar-refractivity contribution in [2.45, 2.75) is 0 Å². The van der Waals surface area contributed by atoms with Gasteiger partial charge in [-0.05, 0) is 23.8 Å². The molecule has 1 saturated heterocycles. The lowest BCUT2D eigenvalue weighted by Gasteiger charge is -2.34. The summed E-state index contributed by atoms with van der Waals surface area (Å²) in [6, 6.07) is 6.20. The van der Waals surface area contributed by atoms with E-state index < -0.39 is 0 Å². The number of hydrogen-bond acceptors (Lipinski definition) is 4. The van der Waals surface area contributed by atoms with Crippen molar-refractivity contribution in [2.24, 2.45) is 0 Å². The molecule has 0 N–H and O–H groups in total. The maximum atomic E-state index is 13.1. The van der Waals surface area contributed by atoms with Gasteiger partial charge in [-0.2, -0.15) is 0 Å². The number of thiazole rings is 1. The minimum absolute atomic E-state index is 0.0388. The van der Waals surface area contributed by atoms with Crippen molar-refractivity contribution in [1.29, 1.82) is 0 Å². The molecule has 2 aromatic rings. The summed E-state index contributed by atoms with van der Waals surface area (Å²) in [5.74, 6) is -0.338. The first-order valence-electron chi connectivity index (χ1n) is 7.09. The molecule has 1 aromatic heterocycles. The van der Waals surface area contributed by atoms with E-state index in [4.69, 9.17) is 0 Å². The van der Waals surface area contributed by atoms with Crippen LogP contribution in [0.3, 0.4) is 0 Å². The molecule has 0 bridgehead atoms. The van der Waals surface area contributed by atoms with Gasteiger partial charge in [-0.3, -0.25) is 4.79 Å². The van der Waals surface area contributed by atoms with Crippen LogP contribution in [0.1, 0.15) is 5.56 Å². The summed E-state index contributed by atoms with van der Waals surface area (Å²) in [5.41, 5.74) is 0.690. The van der Waals surface area contributed by atoms with Crippen LogP contribution in [0.25, 0.3) is 6.08 Å². The Balaban J connectivity index is 1.56. The normalized spacial score (nSPS) is 15.5. The van der Waals surface area contributed by atoms with Crippen LogP contribution in [0.4, 0.5) is 9.52 Å². The van der Waals surface area contributed by atoms with Crippen LogP contribution in [-0.4, -0.2) is 42.0 Å². The Kier molecular flexibility index (Phi) is 4.48. The van der Waals surface area contributed by atoms with Gasteiger partial charge in [-0.15, -0.1) is 11.3 Å². The zero-order valence-corrected chi connectivity index (χ0v) is 12.8. The van der Waals surface area contributed by atoms with Gasteiger partial charge in [-0.25, -0.2) is 9.37 Å². The molecule has 2 heterocycles. The molecule has 1 aliphatic heterocycles. The Bertz CT molecular complexity index is 664. The number of rotatable bonds is 3. The zero-order valence-electron chi connectivity index (χ0n) is 12.0. The molecule has 4 nitrogen and oxygen atoms in total. The smallest absolute Gasteiger partial charge is 0.246 e. The third-order valence-corrected chi connectivity index (χ3v) is 4.38. The van der Waals surface area contributed by atoms with E-state index in [2.05, 4.69) is 9.88 Å². The van der Waals surface area contributed by atoms with Gasteiger partial charge in [0.2, 0.25) is 5.91 Å². The van der Waals surface area contributed by atoms with E-state index in [9.17, 15) is 9.18 Å². The van der Waals surface area contributed by atoms with Crippen LogP contribution in [0.15, 0.2) is 41.9 Å². The van der Waals surface area contributed by atoms with Crippen molar-refractivity contribution in [3.63, 3.8) is 0 Å². The molecule has 1 fully saturated rings. The minimum atomic E-state index is -0.299. The molecule has 1 aromatic carbocycles. The number of piperazine rings is 1. The summed E-state index contributed by atoms with van der Waals surface area (Å²) < 4.78 is 13.1. The average Bonchev–Trinajstić information content (AvgIpc) is 3.07. The van der Waals surface area contributed by atoms with E-state index >= 15 is 0 Å². The lowest BCUT2D eigenvalue weighted by atomic mass is 10.2. The average molecular weight is 317 g/mol. The molecule has 0 radical (unpaired) electrons. The fourth-order valence-electron chi connectivity index (χ4n) is 2.37. The van der Waals surface area contributed by atoms with Crippen LogP contribution in [-0.2, 0) is 4.79 Å². The maximum absolute atomic E-state index is 13.1. The molecule has 22 heavy (non-hydrogen) atoms. The largest absolute Gasteiger partial charge is 0.345 e. The van der Waals surface area contributed by atoms with Crippen LogP contribution >= 0.6 is 11.3 Å². The van der Waals surface area contributed by atoms with Crippen LogP contribution in [0, 0.1) is 5.82 Å². The second-order valence-corrected chi connectivity index (χ2v) is 5.89. The summed E-state index contributed by atoms with van der Waals surface area (Å²) in [7, 11) is 0. The van der Waals surface area contributed by atoms with Crippen molar-refractivity contribution >= 4 is 28.5 Å². The molecule has 3 rings (SSSR count). The van der Waals surface area contributed by atoms with Crippen molar-refractivity contribution in [3.05, 3.63) is 53.3 Å². The number of anilines is 1. The van der Waals surface area contributed by atoms with E-state index in [-0.39, 0.29) is 11.7 Å². The number of amides is 1. The second kappa shape index (κ2) is 6.70. The van der Waals surface area contributed by atoms with Crippen LogP contribution in [0.2, 0.25) is 0 Å². The van der Waals surface area contributed by atoms with E-state index in [1.54, 1.807) is 40.6 Å². The van der Waals surface area contributed by atoms with Gasteiger partial charge < -0.3 is 9.80 Å². The fraction of sp³-hybridized carbons (Fsp3) is 0.250. The molecule has 0 atom stereocenters. The second-order valence-electron chi connectivity index (χ2n) is 5.02. The van der Waals surface area contributed by atoms with Gasteiger partial charge in [0, 0.05) is 43.8 Å². The summed E-state index contributed by atoms with van der Waals surface area (Å²) >= 11 is 1.61. The van der Waals surface area contributed by atoms with E-state index in [1.807, 2.05) is 5.38 Å². The van der Waals surface area contributed by atoms with Crippen LogP contribution < -0.4 is 4.90 Å². The maximum Gasteiger partial charge on any atom is 0.246 e. The van der Waals surface area contributed by atoms with Crippen molar-refractivity contribution in [1.82, 2.24) is 9.88 Å². The molecular formula is C16H16FN3OS. The summed E-state index contributed by atoms with van der Waals surface area (Å²) in [6.45, 7) is 2.91. The Labute approximate surface area is 132 Å². The molecule has 1 amide bonds. The first-order valence-corrected chi connectivity index (χ1v) is 7.97. The molecular weight excluding hydrogens is 301 g/mol. The summed E-state index contributed by atoms with van der Waals surface area (Å²) in [4.78, 5) is 20.4. The molecule has 0 aliphatic carbocycles. The van der Waals surface area contributed by atoms with Gasteiger partial charge in [-0.1, -0.05) is 12.1 Å². The molecule has 0 saturated carbocycles. The summed E-state index contributed by atoms with van der Waals surface area (Å²) in [6.07, 6.45) is 4.95. The number of benzene rings is 1. The number of carbonyl (C=O) groups excluding carboxylic acids is 1. The van der Waals surface area contributed by atoms with E-state index in [0.29, 0.717) is 18.7 Å². The fourth-order valence-corrected chi connectivity index (χ4v) is 3.07. The predicted octanol–water partition coefficient (Wildman–Crippen LogP) is 2.64. The molecule has 0 spiro atoms. The van der Waals surface area contributed by atoms with Gasteiger partial charge in [0.15, 0.2) is 5.13 Å². The number of halogens is 1. The topological polar surface area (TPSA) is 36.4 Å². The number of aromatic nitrogens is 1. The first kappa shape index (κ1) is 14.7. The predicted molar refractivity (Wildman–Crippen MR) is 86.3 cm³/mol.